The summed E-state index contributed by atoms with van der Waals surface area (Å²) in [6, 6.07) is 0.161. The molecule has 0 radical (unpaired) electrons. The normalized spacial score (nSPS) is 18.9. The largest absolute Gasteiger partial charge is 0.382 e. The Morgan fingerprint density at radius 2 is 1.78 bits per heavy atom. The summed E-state index contributed by atoms with van der Waals surface area (Å²) in [6.45, 7) is 3.30. The third kappa shape index (κ3) is 7.02. The minimum absolute atomic E-state index is 0.0159. The van der Waals surface area contributed by atoms with Crippen LogP contribution in [0, 0.1) is 5.92 Å². The molecule has 0 bridgehead atoms. The van der Waals surface area contributed by atoms with E-state index in [1.165, 1.54) is 20.2 Å². The van der Waals surface area contributed by atoms with Crippen LogP contribution < -0.4 is 5.73 Å². The van der Waals surface area contributed by atoms with Gasteiger partial charge in [-0.15, -0.1) is 0 Å². The maximum Gasteiger partial charge on any atom is 0.331 e. The summed E-state index contributed by atoms with van der Waals surface area (Å²) in [7, 11) is -3.37. The molecule has 2 aromatic heterocycles. The molecule has 0 saturated heterocycles. The number of carbonyl (C=O) groups excluding carboxylic acids is 2. The van der Waals surface area contributed by atoms with Crippen molar-refractivity contribution in [3.8, 4) is 0 Å². The fourth-order valence-corrected chi connectivity index (χ4v) is 6.93. The fraction of sp³-hybridized carbons (Fsp3) is 0.632. The van der Waals surface area contributed by atoms with E-state index in [1.807, 2.05) is 4.57 Å². The average molecular weight is 502 g/mol. The van der Waals surface area contributed by atoms with E-state index >= 15 is 0 Å². The van der Waals surface area contributed by atoms with E-state index in [-0.39, 0.29) is 35.4 Å². The second-order valence-corrected chi connectivity index (χ2v) is 12.2. The van der Waals surface area contributed by atoms with Crippen molar-refractivity contribution in [3.05, 3.63) is 12.7 Å². The quantitative estimate of drug-likeness (QED) is 0.357. The minimum atomic E-state index is -3.37. The molecule has 1 aliphatic rings. The number of nitrogens with two attached hydrogens (primary N) is 1. The molecule has 0 spiro atoms. The zero-order valence-corrected chi connectivity index (χ0v) is 20.7. The van der Waals surface area contributed by atoms with E-state index in [4.69, 9.17) is 14.8 Å². The molecule has 32 heavy (non-hydrogen) atoms. The number of carbonyl (C=O) groups is 2. The van der Waals surface area contributed by atoms with Gasteiger partial charge in [0, 0.05) is 31.4 Å². The van der Waals surface area contributed by atoms with Gasteiger partial charge in [-0.05, 0) is 25.2 Å². The van der Waals surface area contributed by atoms with Crippen LogP contribution >= 0.6 is 31.1 Å². The van der Waals surface area contributed by atoms with Crippen molar-refractivity contribution in [2.75, 3.05) is 36.6 Å². The van der Waals surface area contributed by atoms with Crippen LogP contribution in [-0.4, -0.2) is 60.6 Å². The summed E-state index contributed by atoms with van der Waals surface area (Å²) in [5.41, 5.74) is 7.17. The number of nitrogens with zero attached hydrogens (tertiary/aromatic N) is 4. The maximum absolute atomic E-state index is 13.4. The van der Waals surface area contributed by atoms with Crippen molar-refractivity contribution in [1.82, 2.24) is 19.5 Å². The van der Waals surface area contributed by atoms with Gasteiger partial charge in [0.1, 0.15) is 11.8 Å². The molecule has 1 saturated carbocycles. The summed E-state index contributed by atoms with van der Waals surface area (Å²) < 4.78 is 26.8. The molecule has 2 unspecified atom stereocenters. The van der Waals surface area contributed by atoms with Crippen LogP contribution in [0.1, 0.15) is 39.2 Å². The first-order valence-electron chi connectivity index (χ1n) is 10.4. The van der Waals surface area contributed by atoms with Gasteiger partial charge >= 0.3 is 7.60 Å². The van der Waals surface area contributed by atoms with Gasteiger partial charge in [-0.2, -0.15) is 0 Å². The zero-order valence-electron chi connectivity index (χ0n) is 18.1. The number of rotatable bonds is 11. The smallest absolute Gasteiger partial charge is 0.331 e. The molecule has 2 heterocycles. The van der Waals surface area contributed by atoms with Gasteiger partial charge in [0.25, 0.3) is 0 Å². The highest BCUT2D eigenvalue weighted by Crippen LogP contribution is 2.53. The Balaban J connectivity index is 1.61. The van der Waals surface area contributed by atoms with E-state index in [9.17, 15) is 14.2 Å². The molecule has 0 aromatic carbocycles. The van der Waals surface area contributed by atoms with Crippen molar-refractivity contribution in [2.24, 2.45) is 5.92 Å². The first-order chi connectivity index (χ1) is 15.3. The Bertz CT molecular complexity index is 978. The molecule has 10 nitrogen and oxygen atoms in total. The van der Waals surface area contributed by atoms with Crippen LogP contribution in [0.2, 0.25) is 0 Å². The topological polar surface area (TPSA) is 139 Å². The SMILES string of the molecule is CC(=O)SCCOP(=O)(CC1CCC(n2cnc3c(N)ncnc32)C1)OCCSC(C)=O. The summed E-state index contributed by atoms with van der Waals surface area (Å²) in [6.07, 6.45) is 6.00. The van der Waals surface area contributed by atoms with Crippen LogP contribution in [0.15, 0.2) is 12.7 Å². The molecule has 1 aliphatic carbocycles. The second-order valence-electron chi connectivity index (χ2n) is 7.56. The minimum Gasteiger partial charge on any atom is -0.382 e. The standard InChI is InChI=1S/C19H28N5O5PS2/c1-13(25)31-7-5-28-30(27,29-6-8-32-14(2)26)10-15-3-4-16(9-15)24-12-23-17-18(20)21-11-22-19(17)24/h11-12,15-16H,3-10H2,1-2H3,(H2,20,21,22). The third-order valence-electron chi connectivity index (χ3n) is 5.13. The molecule has 1 fully saturated rings. The Kier molecular flexibility index (Phi) is 9.13. The van der Waals surface area contributed by atoms with Crippen LogP contribution in [0.4, 0.5) is 5.82 Å². The molecule has 2 N–H and O–H groups in total. The molecule has 13 heteroatoms. The van der Waals surface area contributed by atoms with E-state index in [1.54, 1.807) is 6.33 Å². The first-order valence-corrected chi connectivity index (χ1v) is 14.0. The first kappa shape index (κ1) is 25.2. The summed E-state index contributed by atoms with van der Waals surface area (Å²) >= 11 is 2.25. The summed E-state index contributed by atoms with van der Waals surface area (Å²) in [5.74, 6) is 1.32. The third-order valence-corrected chi connectivity index (χ3v) is 8.80. The van der Waals surface area contributed by atoms with E-state index in [2.05, 4.69) is 15.0 Å². The highest BCUT2D eigenvalue weighted by molar-refractivity contribution is 8.13. The lowest BCUT2D eigenvalue weighted by Crippen LogP contribution is -2.12. The lowest BCUT2D eigenvalue weighted by molar-refractivity contribution is -0.109. The van der Waals surface area contributed by atoms with Crippen molar-refractivity contribution >= 4 is 58.3 Å². The number of fused-ring (bicyclic) bond motifs is 1. The summed E-state index contributed by atoms with van der Waals surface area (Å²) in [5, 5.41) is -0.0318. The predicted octanol–water partition coefficient (Wildman–Crippen LogP) is 3.54. The number of aromatic nitrogens is 4. The van der Waals surface area contributed by atoms with Gasteiger partial charge in [-0.25, -0.2) is 15.0 Å². The predicted molar refractivity (Wildman–Crippen MR) is 127 cm³/mol. The molecule has 2 atom stereocenters. The van der Waals surface area contributed by atoms with E-state index < -0.39 is 7.60 Å². The van der Waals surface area contributed by atoms with Gasteiger partial charge in [0.05, 0.1) is 25.7 Å². The van der Waals surface area contributed by atoms with Gasteiger partial charge in [-0.3, -0.25) is 14.2 Å². The average Bonchev–Trinajstić information content (AvgIpc) is 3.36. The van der Waals surface area contributed by atoms with Crippen LogP contribution in [0.25, 0.3) is 11.2 Å². The van der Waals surface area contributed by atoms with Crippen LogP contribution in [-0.2, 0) is 23.2 Å². The number of imidazole rings is 1. The van der Waals surface area contributed by atoms with Crippen LogP contribution in [0.5, 0.6) is 0 Å². The molecule has 0 amide bonds. The Morgan fingerprint density at radius 1 is 1.12 bits per heavy atom. The molecule has 0 aliphatic heterocycles. The zero-order chi connectivity index (χ0) is 23.1. The second kappa shape index (κ2) is 11.6. The number of hydrogen-bond donors (Lipinski definition) is 1. The van der Waals surface area contributed by atoms with E-state index in [0.717, 1.165) is 42.8 Å². The number of nitrogen functional groups attached to an aromatic ring is 1. The van der Waals surface area contributed by atoms with Gasteiger partial charge in [-0.1, -0.05) is 23.5 Å². The lowest BCUT2D eigenvalue weighted by Gasteiger charge is -2.22. The maximum atomic E-state index is 13.4. The van der Waals surface area contributed by atoms with Crippen molar-refractivity contribution < 1.29 is 23.2 Å². The number of thioether (sulfide) groups is 2. The van der Waals surface area contributed by atoms with Crippen molar-refractivity contribution in [3.63, 3.8) is 0 Å². The Morgan fingerprint density at radius 3 is 2.41 bits per heavy atom. The van der Waals surface area contributed by atoms with E-state index in [0.29, 0.717) is 34.6 Å². The molecular formula is C19H28N5O5PS2. The van der Waals surface area contributed by atoms with Crippen molar-refractivity contribution in [1.29, 1.82) is 0 Å². The Hall–Kier alpha value is -1.46. The molecule has 2 aromatic rings. The number of hydrogen-bond acceptors (Lipinski definition) is 11. The highest BCUT2D eigenvalue weighted by Gasteiger charge is 2.35. The van der Waals surface area contributed by atoms with Gasteiger partial charge in [0.2, 0.25) is 0 Å². The molecular weight excluding hydrogens is 473 g/mol. The number of anilines is 1. The van der Waals surface area contributed by atoms with Gasteiger partial charge in [0.15, 0.2) is 21.7 Å². The Labute approximate surface area is 195 Å². The van der Waals surface area contributed by atoms with Gasteiger partial charge < -0.3 is 19.3 Å². The lowest BCUT2D eigenvalue weighted by atomic mass is 10.1. The molecule has 176 valence electrons. The molecule has 3 rings (SSSR count). The van der Waals surface area contributed by atoms with Crippen molar-refractivity contribution in [2.45, 2.75) is 39.2 Å². The monoisotopic (exact) mass is 501 g/mol. The highest BCUT2D eigenvalue weighted by atomic mass is 32.2. The summed E-state index contributed by atoms with van der Waals surface area (Å²) in [4.78, 5) is 34.9. The van der Waals surface area contributed by atoms with Crippen LogP contribution in [0.3, 0.4) is 0 Å². The fourth-order valence-electron chi connectivity index (χ4n) is 3.79.